The Hall–Kier alpha value is -2.18. The van der Waals surface area contributed by atoms with E-state index >= 15 is 0 Å². The van der Waals surface area contributed by atoms with Gasteiger partial charge in [-0.15, -0.1) is 0 Å². The molecular weight excluding hydrogens is 331 g/mol. The molecule has 1 aliphatic rings. The minimum absolute atomic E-state index is 0.353. The quantitative estimate of drug-likeness (QED) is 0.920. The number of nitrogens with zero attached hydrogens (tertiary/aromatic N) is 3. The number of amides is 1. The second kappa shape index (κ2) is 7.15. The van der Waals surface area contributed by atoms with Gasteiger partial charge in [0.25, 0.3) is 0 Å². The normalized spacial score (nSPS) is 16.8. The number of hydrogen-bond acceptors (Lipinski definition) is 4. The van der Waals surface area contributed by atoms with Crippen molar-refractivity contribution in [3.63, 3.8) is 0 Å². The van der Waals surface area contributed by atoms with Gasteiger partial charge in [-0.1, -0.05) is 23.7 Å². The Balaban J connectivity index is 1.70. The molecular formula is C17H18ClFN4O. The molecule has 0 radical (unpaired) electrons. The Morgan fingerprint density at radius 3 is 2.33 bits per heavy atom. The Morgan fingerprint density at radius 1 is 1.12 bits per heavy atom. The molecule has 0 spiro atoms. The Morgan fingerprint density at radius 2 is 1.79 bits per heavy atom. The number of hydrogen-bond donors (Lipinski definition) is 1. The molecule has 24 heavy (non-hydrogen) atoms. The predicted molar refractivity (Wildman–Crippen MR) is 91.4 cm³/mol. The summed E-state index contributed by atoms with van der Waals surface area (Å²) in [5.41, 5.74) is 6.45. The van der Waals surface area contributed by atoms with E-state index in [2.05, 4.69) is 9.88 Å². The van der Waals surface area contributed by atoms with Crippen LogP contribution in [0.4, 0.5) is 10.2 Å². The van der Waals surface area contributed by atoms with Gasteiger partial charge in [0.1, 0.15) is 17.7 Å². The summed E-state index contributed by atoms with van der Waals surface area (Å²) in [4.78, 5) is 20.2. The summed E-state index contributed by atoms with van der Waals surface area (Å²) in [6, 6.07) is 9.74. The van der Waals surface area contributed by atoms with Gasteiger partial charge in [-0.05, 0) is 29.8 Å². The molecule has 3 rings (SSSR count). The molecule has 2 N–H and O–H groups in total. The number of primary amides is 1. The van der Waals surface area contributed by atoms with Gasteiger partial charge in [-0.3, -0.25) is 9.69 Å². The molecule has 1 saturated heterocycles. The van der Waals surface area contributed by atoms with Crippen molar-refractivity contribution in [2.24, 2.45) is 5.73 Å². The van der Waals surface area contributed by atoms with Crippen LogP contribution in [-0.2, 0) is 4.79 Å². The number of halogens is 2. The zero-order chi connectivity index (χ0) is 17.1. The lowest BCUT2D eigenvalue weighted by Gasteiger charge is -2.38. The van der Waals surface area contributed by atoms with Crippen LogP contribution in [0.3, 0.4) is 0 Å². The maximum atomic E-state index is 13.0. The highest BCUT2D eigenvalue weighted by molar-refractivity contribution is 6.30. The topological polar surface area (TPSA) is 62.5 Å². The average molecular weight is 349 g/mol. The number of pyridine rings is 1. The van der Waals surface area contributed by atoms with E-state index in [4.69, 9.17) is 17.3 Å². The molecule has 7 heteroatoms. The highest BCUT2D eigenvalue weighted by Crippen LogP contribution is 2.24. The van der Waals surface area contributed by atoms with E-state index in [-0.39, 0.29) is 11.7 Å². The van der Waals surface area contributed by atoms with E-state index in [1.807, 2.05) is 17.0 Å². The smallest absolute Gasteiger partial charge is 0.239 e. The lowest BCUT2D eigenvalue weighted by molar-refractivity contribution is -0.123. The number of carbonyl (C=O) groups excluding carboxylic acids is 1. The van der Waals surface area contributed by atoms with Crippen molar-refractivity contribution in [3.05, 3.63) is 59.0 Å². The molecule has 0 unspecified atom stereocenters. The summed E-state index contributed by atoms with van der Waals surface area (Å²) in [5.74, 6) is -0.00207. The third-order valence-electron chi connectivity index (χ3n) is 4.17. The predicted octanol–water partition coefficient (Wildman–Crippen LogP) is 2.22. The van der Waals surface area contributed by atoms with Crippen molar-refractivity contribution in [2.45, 2.75) is 6.04 Å². The number of rotatable bonds is 4. The third-order valence-corrected chi connectivity index (χ3v) is 4.42. The van der Waals surface area contributed by atoms with Crippen LogP contribution in [0.1, 0.15) is 11.6 Å². The molecule has 1 aliphatic heterocycles. The average Bonchev–Trinajstić information content (AvgIpc) is 2.58. The van der Waals surface area contributed by atoms with E-state index in [0.717, 1.165) is 11.4 Å². The van der Waals surface area contributed by atoms with Crippen molar-refractivity contribution in [1.29, 1.82) is 0 Å². The molecule has 0 saturated carbocycles. The van der Waals surface area contributed by atoms with Crippen LogP contribution in [-0.4, -0.2) is 42.0 Å². The zero-order valence-corrected chi connectivity index (χ0v) is 13.8. The number of anilines is 1. The fraction of sp³-hybridized carbons (Fsp3) is 0.294. The lowest BCUT2D eigenvalue weighted by Crippen LogP contribution is -2.50. The van der Waals surface area contributed by atoms with Crippen LogP contribution in [0.5, 0.6) is 0 Å². The van der Waals surface area contributed by atoms with Gasteiger partial charge in [-0.2, -0.15) is 0 Å². The third kappa shape index (κ3) is 3.66. The summed E-state index contributed by atoms with van der Waals surface area (Å²) in [6.07, 6.45) is 1.21. The van der Waals surface area contributed by atoms with Crippen LogP contribution in [0.2, 0.25) is 5.02 Å². The highest BCUT2D eigenvalue weighted by Gasteiger charge is 2.29. The first-order valence-electron chi connectivity index (χ1n) is 7.70. The van der Waals surface area contributed by atoms with Crippen LogP contribution in [0, 0.1) is 5.82 Å². The zero-order valence-electron chi connectivity index (χ0n) is 13.0. The molecule has 0 aliphatic carbocycles. The number of carbonyl (C=O) groups is 1. The molecule has 2 aromatic rings. The molecule has 1 aromatic carbocycles. The molecule has 1 fully saturated rings. The van der Waals surface area contributed by atoms with Crippen molar-refractivity contribution in [3.8, 4) is 0 Å². The number of nitrogens with two attached hydrogens (primary N) is 1. The van der Waals surface area contributed by atoms with E-state index < -0.39 is 6.04 Å². The van der Waals surface area contributed by atoms with Gasteiger partial charge in [0.15, 0.2) is 0 Å². The number of aromatic nitrogens is 1. The highest BCUT2D eigenvalue weighted by atomic mass is 35.5. The minimum Gasteiger partial charge on any atom is -0.368 e. The van der Waals surface area contributed by atoms with Crippen molar-refractivity contribution in [2.75, 3.05) is 31.1 Å². The molecule has 2 heterocycles. The summed E-state index contributed by atoms with van der Waals surface area (Å²) in [7, 11) is 0. The SMILES string of the molecule is NC(=O)[C@H](c1ccc(Cl)cc1)N1CCN(c2ccc(F)cn2)CC1. The first-order chi connectivity index (χ1) is 11.5. The first kappa shape index (κ1) is 16.7. The lowest BCUT2D eigenvalue weighted by atomic mass is 10.0. The maximum Gasteiger partial charge on any atom is 0.239 e. The number of piperazine rings is 1. The summed E-state index contributed by atoms with van der Waals surface area (Å²) in [5, 5.41) is 0.620. The second-order valence-electron chi connectivity index (χ2n) is 5.71. The molecule has 1 atom stereocenters. The number of benzene rings is 1. The van der Waals surface area contributed by atoms with Crippen LogP contribution >= 0.6 is 11.6 Å². The molecule has 0 bridgehead atoms. The van der Waals surface area contributed by atoms with Crippen LogP contribution in [0.25, 0.3) is 0 Å². The standard InChI is InChI=1S/C17H18ClFN4O/c18-13-3-1-12(2-4-13)16(17(20)24)23-9-7-22(8-10-23)15-6-5-14(19)11-21-15/h1-6,11,16H,7-10H2,(H2,20,24)/t16-/m0/s1. The van der Waals surface area contributed by atoms with Gasteiger partial charge in [0.2, 0.25) is 5.91 Å². The van der Waals surface area contributed by atoms with E-state index in [0.29, 0.717) is 31.2 Å². The molecule has 126 valence electrons. The minimum atomic E-state index is -0.481. The van der Waals surface area contributed by atoms with Crippen molar-refractivity contribution < 1.29 is 9.18 Å². The first-order valence-corrected chi connectivity index (χ1v) is 8.08. The Kier molecular flexibility index (Phi) is 4.97. The van der Waals surface area contributed by atoms with E-state index in [1.165, 1.54) is 12.3 Å². The Bertz CT molecular complexity index is 700. The maximum absolute atomic E-state index is 13.0. The monoisotopic (exact) mass is 348 g/mol. The van der Waals surface area contributed by atoms with Gasteiger partial charge >= 0.3 is 0 Å². The largest absolute Gasteiger partial charge is 0.368 e. The summed E-state index contributed by atoms with van der Waals surface area (Å²) >= 11 is 5.91. The fourth-order valence-corrected chi connectivity index (χ4v) is 3.09. The Labute approximate surface area is 144 Å². The second-order valence-corrected chi connectivity index (χ2v) is 6.15. The summed E-state index contributed by atoms with van der Waals surface area (Å²) in [6.45, 7) is 2.70. The van der Waals surface area contributed by atoms with Gasteiger partial charge in [0.05, 0.1) is 6.20 Å². The molecule has 1 amide bonds. The van der Waals surface area contributed by atoms with E-state index in [1.54, 1.807) is 18.2 Å². The summed E-state index contributed by atoms with van der Waals surface area (Å²) < 4.78 is 13.0. The van der Waals surface area contributed by atoms with Crippen LogP contribution < -0.4 is 10.6 Å². The van der Waals surface area contributed by atoms with Gasteiger partial charge in [-0.25, -0.2) is 9.37 Å². The van der Waals surface area contributed by atoms with Gasteiger partial charge < -0.3 is 10.6 Å². The fourth-order valence-electron chi connectivity index (χ4n) is 2.96. The molecule has 5 nitrogen and oxygen atoms in total. The molecule has 1 aromatic heterocycles. The van der Waals surface area contributed by atoms with Crippen LogP contribution in [0.15, 0.2) is 42.6 Å². The van der Waals surface area contributed by atoms with Crippen molar-refractivity contribution >= 4 is 23.3 Å². The van der Waals surface area contributed by atoms with Crippen molar-refractivity contribution in [1.82, 2.24) is 9.88 Å². The van der Waals surface area contributed by atoms with E-state index in [9.17, 15) is 9.18 Å². The van der Waals surface area contributed by atoms with Gasteiger partial charge in [0, 0.05) is 31.2 Å².